The van der Waals surface area contributed by atoms with Crippen molar-refractivity contribution in [3.8, 4) is 0 Å². The minimum absolute atomic E-state index is 0.165. The molecule has 1 N–H and O–H groups in total. The second-order valence-electron chi connectivity index (χ2n) is 7.32. The highest BCUT2D eigenvalue weighted by Gasteiger charge is 2.22. The number of rotatable bonds is 4. The van der Waals surface area contributed by atoms with Crippen molar-refractivity contribution < 1.29 is 0 Å². The summed E-state index contributed by atoms with van der Waals surface area (Å²) < 4.78 is 0. The molecule has 1 aliphatic rings. The molecule has 1 aliphatic heterocycles. The van der Waals surface area contributed by atoms with Crippen LogP contribution in [0.2, 0.25) is 0 Å². The molecular weight excluding hydrogens is 276 g/mol. The summed E-state index contributed by atoms with van der Waals surface area (Å²) in [4.78, 5) is 2.61. The fourth-order valence-corrected chi connectivity index (χ4v) is 4.29. The van der Waals surface area contributed by atoms with Gasteiger partial charge in [0.1, 0.15) is 0 Å². The Balaban J connectivity index is 2.02. The monoisotopic (exact) mass is 306 g/mol. The number of thioether (sulfide) groups is 1. The predicted octanol–water partition coefficient (Wildman–Crippen LogP) is 3.90. The van der Waals surface area contributed by atoms with Crippen LogP contribution in [0, 0.1) is 0 Å². The van der Waals surface area contributed by atoms with E-state index in [2.05, 4.69) is 80.9 Å². The Hall–Kier alpha value is -0.510. The minimum atomic E-state index is 0.165. The van der Waals surface area contributed by atoms with Crippen LogP contribution in [-0.4, -0.2) is 34.0 Å². The molecule has 2 nitrogen and oxygen atoms in total. The Labute approximate surface area is 134 Å². The number of hydrogen-bond donors (Lipinski definition) is 1. The first-order valence-corrected chi connectivity index (χ1v) is 8.97. The van der Waals surface area contributed by atoms with E-state index in [4.69, 9.17) is 0 Å². The van der Waals surface area contributed by atoms with Gasteiger partial charge in [0.05, 0.1) is 0 Å². The zero-order valence-corrected chi connectivity index (χ0v) is 15.0. The van der Waals surface area contributed by atoms with Gasteiger partial charge in [-0.1, -0.05) is 38.1 Å². The molecule has 2 rings (SSSR count). The Morgan fingerprint density at radius 1 is 1.10 bits per heavy atom. The van der Waals surface area contributed by atoms with Crippen LogP contribution in [-0.2, 0) is 13.1 Å². The lowest BCUT2D eigenvalue weighted by Crippen LogP contribution is -2.40. The van der Waals surface area contributed by atoms with Crippen molar-refractivity contribution in [1.82, 2.24) is 10.2 Å². The largest absolute Gasteiger partial charge is 0.308 e. The van der Waals surface area contributed by atoms with Gasteiger partial charge in [0.15, 0.2) is 0 Å². The van der Waals surface area contributed by atoms with Gasteiger partial charge in [-0.05, 0) is 31.9 Å². The molecule has 0 aliphatic carbocycles. The molecule has 1 heterocycles. The third-order valence-corrected chi connectivity index (χ3v) is 5.04. The van der Waals surface area contributed by atoms with Crippen LogP contribution in [0.5, 0.6) is 0 Å². The lowest BCUT2D eigenvalue weighted by molar-refractivity contribution is 0.261. The van der Waals surface area contributed by atoms with Crippen LogP contribution in [0.3, 0.4) is 0 Å². The Morgan fingerprint density at radius 2 is 1.67 bits per heavy atom. The Morgan fingerprint density at radius 3 is 2.24 bits per heavy atom. The molecule has 1 aromatic carbocycles. The lowest BCUT2D eigenvalue weighted by Gasteiger charge is -2.35. The fraction of sp³-hybridized carbons (Fsp3) is 0.667. The smallest absolute Gasteiger partial charge is 0.0237 e. The van der Waals surface area contributed by atoms with Crippen LogP contribution in [0.25, 0.3) is 0 Å². The summed E-state index contributed by atoms with van der Waals surface area (Å²) in [5.74, 6) is 0. The molecule has 0 amide bonds. The van der Waals surface area contributed by atoms with Gasteiger partial charge in [-0.15, -0.1) is 0 Å². The van der Waals surface area contributed by atoms with Crippen molar-refractivity contribution >= 4 is 11.8 Å². The van der Waals surface area contributed by atoms with E-state index in [9.17, 15) is 0 Å². The summed E-state index contributed by atoms with van der Waals surface area (Å²) in [5.41, 5.74) is 3.07. The van der Waals surface area contributed by atoms with Gasteiger partial charge < -0.3 is 5.32 Å². The molecule has 0 radical (unpaired) electrons. The van der Waals surface area contributed by atoms with Gasteiger partial charge in [-0.3, -0.25) is 4.90 Å². The fourth-order valence-electron chi connectivity index (χ4n) is 2.90. The zero-order valence-electron chi connectivity index (χ0n) is 14.1. The maximum absolute atomic E-state index is 3.61. The first-order chi connectivity index (χ1) is 9.83. The number of hydrogen-bond acceptors (Lipinski definition) is 3. The summed E-state index contributed by atoms with van der Waals surface area (Å²) >= 11 is 2.12. The van der Waals surface area contributed by atoms with Crippen LogP contribution >= 0.6 is 11.8 Å². The highest BCUT2D eigenvalue weighted by Crippen LogP contribution is 2.26. The summed E-state index contributed by atoms with van der Waals surface area (Å²) in [6.45, 7) is 15.8. The summed E-state index contributed by atoms with van der Waals surface area (Å²) in [7, 11) is 0. The van der Waals surface area contributed by atoms with Crippen LogP contribution < -0.4 is 5.32 Å². The number of benzene rings is 1. The lowest BCUT2D eigenvalue weighted by atomic mass is 10.0. The highest BCUT2D eigenvalue weighted by molar-refractivity contribution is 8.00. The summed E-state index contributed by atoms with van der Waals surface area (Å²) in [6, 6.07) is 8.87. The average Bonchev–Trinajstić information content (AvgIpc) is 2.35. The molecule has 2 atom stereocenters. The molecule has 21 heavy (non-hydrogen) atoms. The van der Waals surface area contributed by atoms with E-state index in [1.54, 1.807) is 0 Å². The zero-order chi connectivity index (χ0) is 15.5. The van der Waals surface area contributed by atoms with Gasteiger partial charge in [-0.25, -0.2) is 0 Å². The van der Waals surface area contributed by atoms with Gasteiger partial charge in [0, 0.05) is 42.2 Å². The van der Waals surface area contributed by atoms with Gasteiger partial charge >= 0.3 is 0 Å². The van der Waals surface area contributed by atoms with Crippen LogP contribution in [0.1, 0.15) is 45.7 Å². The van der Waals surface area contributed by atoms with E-state index in [0.29, 0.717) is 0 Å². The van der Waals surface area contributed by atoms with Crippen LogP contribution in [0.15, 0.2) is 24.3 Å². The SMILES string of the molecule is CC1CN(Cc2ccccc2CNC(C)(C)C)CC(C)S1. The van der Waals surface area contributed by atoms with E-state index >= 15 is 0 Å². The normalized spacial score (nSPS) is 24.2. The average molecular weight is 307 g/mol. The maximum Gasteiger partial charge on any atom is 0.0237 e. The van der Waals surface area contributed by atoms with Gasteiger partial charge in [0.25, 0.3) is 0 Å². The molecule has 2 unspecified atom stereocenters. The van der Waals surface area contributed by atoms with Crippen molar-refractivity contribution in [3.63, 3.8) is 0 Å². The Kier molecular flexibility index (Phi) is 5.75. The van der Waals surface area contributed by atoms with E-state index in [1.807, 2.05) is 0 Å². The quantitative estimate of drug-likeness (QED) is 0.908. The molecule has 3 heteroatoms. The molecule has 0 aromatic heterocycles. The molecular formula is C18H30N2S. The number of nitrogens with one attached hydrogen (secondary N) is 1. The van der Waals surface area contributed by atoms with Crippen molar-refractivity contribution in [2.75, 3.05) is 13.1 Å². The van der Waals surface area contributed by atoms with Crippen molar-refractivity contribution in [3.05, 3.63) is 35.4 Å². The first-order valence-electron chi connectivity index (χ1n) is 8.03. The maximum atomic E-state index is 3.61. The Bertz CT molecular complexity index is 443. The standard InChI is InChI=1S/C18H30N2S/c1-14-11-20(12-15(2)21-14)13-17-9-7-6-8-16(17)10-19-18(3,4)5/h6-9,14-15,19H,10-13H2,1-5H3. The second-order valence-corrected chi connectivity index (χ2v) is 9.21. The number of nitrogens with zero attached hydrogens (tertiary/aromatic N) is 1. The predicted molar refractivity (Wildman–Crippen MR) is 94.8 cm³/mol. The van der Waals surface area contributed by atoms with Gasteiger partial charge in [-0.2, -0.15) is 11.8 Å². The molecule has 1 aromatic rings. The molecule has 0 spiro atoms. The second kappa shape index (κ2) is 7.17. The molecule has 0 saturated carbocycles. The van der Waals surface area contributed by atoms with Crippen molar-refractivity contribution in [1.29, 1.82) is 0 Å². The van der Waals surface area contributed by atoms with Crippen molar-refractivity contribution in [2.24, 2.45) is 0 Å². The highest BCUT2D eigenvalue weighted by atomic mass is 32.2. The third kappa shape index (κ3) is 5.65. The van der Waals surface area contributed by atoms with E-state index in [-0.39, 0.29) is 5.54 Å². The first kappa shape index (κ1) is 16.9. The van der Waals surface area contributed by atoms with E-state index < -0.39 is 0 Å². The van der Waals surface area contributed by atoms with Crippen molar-refractivity contribution in [2.45, 2.75) is 63.7 Å². The molecule has 1 fully saturated rings. The summed E-state index contributed by atoms with van der Waals surface area (Å²) in [6.07, 6.45) is 0. The third-order valence-electron chi connectivity index (χ3n) is 3.82. The summed E-state index contributed by atoms with van der Waals surface area (Å²) in [5, 5.41) is 5.10. The minimum Gasteiger partial charge on any atom is -0.308 e. The topological polar surface area (TPSA) is 15.3 Å². The molecule has 1 saturated heterocycles. The van der Waals surface area contributed by atoms with E-state index in [1.165, 1.54) is 24.2 Å². The molecule has 0 bridgehead atoms. The van der Waals surface area contributed by atoms with E-state index in [0.717, 1.165) is 23.6 Å². The molecule has 118 valence electrons. The van der Waals surface area contributed by atoms with Crippen LogP contribution in [0.4, 0.5) is 0 Å². The van der Waals surface area contributed by atoms with Gasteiger partial charge in [0.2, 0.25) is 0 Å².